The van der Waals surface area contributed by atoms with E-state index in [0.717, 1.165) is 40.4 Å². The summed E-state index contributed by atoms with van der Waals surface area (Å²) >= 11 is 12.1. The number of hydrogen-bond acceptors (Lipinski definition) is 2. The quantitative estimate of drug-likeness (QED) is 0.785. The molecule has 0 amide bonds. The lowest BCUT2D eigenvalue weighted by atomic mass is 10.2. The molecular formula is C14H18Cl2N2O. The first-order chi connectivity index (χ1) is 9.08. The number of aryl methyl sites for hydroxylation is 2. The number of hydrogen-bond donors (Lipinski definition) is 0. The predicted molar refractivity (Wildman–Crippen MR) is 80.4 cm³/mol. The van der Waals surface area contributed by atoms with Gasteiger partial charge in [-0.2, -0.15) is 0 Å². The van der Waals surface area contributed by atoms with E-state index >= 15 is 0 Å². The van der Waals surface area contributed by atoms with Crippen LogP contribution in [0.3, 0.4) is 0 Å². The predicted octanol–water partition coefficient (Wildman–Crippen LogP) is 3.81. The molecule has 0 bridgehead atoms. The van der Waals surface area contributed by atoms with E-state index in [1.54, 1.807) is 7.11 Å². The summed E-state index contributed by atoms with van der Waals surface area (Å²) in [5.41, 5.74) is 3.10. The Balaban J connectivity index is 2.60. The topological polar surface area (TPSA) is 27.1 Å². The van der Waals surface area contributed by atoms with Crippen LogP contribution < -0.4 is 0 Å². The molecule has 3 nitrogen and oxygen atoms in total. The second-order valence-electron chi connectivity index (χ2n) is 4.66. The van der Waals surface area contributed by atoms with Crippen LogP contribution >= 0.6 is 23.2 Å². The third-order valence-corrected chi connectivity index (χ3v) is 3.93. The van der Waals surface area contributed by atoms with Gasteiger partial charge in [0.25, 0.3) is 0 Å². The molecule has 0 saturated carbocycles. The number of benzene rings is 1. The maximum atomic E-state index is 6.22. The largest absolute Gasteiger partial charge is 0.380 e. The summed E-state index contributed by atoms with van der Waals surface area (Å²) in [4.78, 5) is 4.66. The second-order valence-corrected chi connectivity index (χ2v) is 5.45. The van der Waals surface area contributed by atoms with Gasteiger partial charge in [0.05, 0.1) is 23.7 Å². The van der Waals surface area contributed by atoms with Gasteiger partial charge < -0.3 is 9.30 Å². The Morgan fingerprint density at radius 2 is 2.16 bits per heavy atom. The molecule has 1 heterocycles. The fourth-order valence-electron chi connectivity index (χ4n) is 2.22. The Labute approximate surface area is 123 Å². The minimum atomic E-state index is 0.116. The lowest BCUT2D eigenvalue weighted by Crippen LogP contribution is -2.17. The summed E-state index contributed by atoms with van der Waals surface area (Å²) in [6.45, 7) is 4.81. The molecule has 0 radical (unpaired) electrons. The minimum absolute atomic E-state index is 0.116. The number of imidazole rings is 1. The average molecular weight is 301 g/mol. The normalized spacial score (nSPS) is 13.1. The Hall–Kier alpha value is -0.770. The molecule has 0 fully saturated rings. The van der Waals surface area contributed by atoms with Crippen molar-refractivity contribution in [2.75, 3.05) is 13.0 Å². The van der Waals surface area contributed by atoms with Gasteiger partial charge >= 0.3 is 0 Å². The molecule has 0 saturated heterocycles. The molecule has 0 aliphatic rings. The van der Waals surface area contributed by atoms with E-state index in [1.807, 2.05) is 26.0 Å². The van der Waals surface area contributed by atoms with Crippen molar-refractivity contribution in [2.24, 2.45) is 0 Å². The van der Waals surface area contributed by atoms with Gasteiger partial charge in [0, 0.05) is 24.4 Å². The van der Waals surface area contributed by atoms with Crippen LogP contribution in [0.15, 0.2) is 12.1 Å². The van der Waals surface area contributed by atoms with E-state index in [9.17, 15) is 0 Å². The fourth-order valence-corrected chi connectivity index (χ4v) is 2.55. The Morgan fingerprint density at radius 1 is 1.42 bits per heavy atom. The van der Waals surface area contributed by atoms with Crippen LogP contribution in [0, 0.1) is 6.92 Å². The Morgan fingerprint density at radius 3 is 2.79 bits per heavy atom. The first-order valence-corrected chi connectivity index (χ1v) is 7.22. The number of nitrogens with zero attached hydrogens (tertiary/aromatic N) is 2. The highest BCUT2D eigenvalue weighted by molar-refractivity contribution is 6.32. The van der Waals surface area contributed by atoms with E-state index in [4.69, 9.17) is 27.9 Å². The SMILES string of the molecule is COC(C)Cn1c(CCCl)nc2ccc(Cl)c(C)c21. The van der Waals surface area contributed by atoms with Gasteiger partial charge in [0.1, 0.15) is 5.82 Å². The number of fused-ring (bicyclic) bond motifs is 1. The molecule has 0 N–H and O–H groups in total. The number of alkyl halides is 1. The number of ether oxygens (including phenoxy) is 1. The third kappa shape index (κ3) is 2.88. The van der Waals surface area contributed by atoms with Crippen molar-refractivity contribution in [1.29, 1.82) is 0 Å². The smallest absolute Gasteiger partial charge is 0.111 e. The van der Waals surface area contributed by atoms with Crippen LogP contribution in [0.1, 0.15) is 18.3 Å². The zero-order valence-corrected chi connectivity index (χ0v) is 12.9. The Kier molecular flexibility index (Phi) is 4.71. The first kappa shape index (κ1) is 14.6. The van der Waals surface area contributed by atoms with Gasteiger partial charge in [0.15, 0.2) is 0 Å². The van der Waals surface area contributed by atoms with Gasteiger partial charge in [0.2, 0.25) is 0 Å². The highest BCUT2D eigenvalue weighted by Gasteiger charge is 2.15. The van der Waals surface area contributed by atoms with E-state index < -0.39 is 0 Å². The summed E-state index contributed by atoms with van der Waals surface area (Å²) in [6, 6.07) is 3.84. The number of halogens is 2. The van der Waals surface area contributed by atoms with Crippen molar-refractivity contribution in [3.63, 3.8) is 0 Å². The molecule has 1 aromatic heterocycles. The summed E-state index contributed by atoms with van der Waals surface area (Å²) in [5.74, 6) is 1.54. The zero-order valence-electron chi connectivity index (χ0n) is 11.4. The zero-order chi connectivity index (χ0) is 14.0. The van der Waals surface area contributed by atoms with E-state index in [0.29, 0.717) is 5.88 Å². The van der Waals surface area contributed by atoms with Gasteiger partial charge in [-0.25, -0.2) is 4.98 Å². The van der Waals surface area contributed by atoms with Crippen LogP contribution in [-0.2, 0) is 17.7 Å². The number of methoxy groups -OCH3 is 1. The minimum Gasteiger partial charge on any atom is -0.380 e. The van der Waals surface area contributed by atoms with E-state index in [1.165, 1.54) is 0 Å². The molecule has 0 spiro atoms. The van der Waals surface area contributed by atoms with Gasteiger partial charge in [-0.15, -0.1) is 11.6 Å². The lowest BCUT2D eigenvalue weighted by molar-refractivity contribution is 0.103. The first-order valence-electron chi connectivity index (χ1n) is 6.31. The van der Waals surface area contributed by atoms with Crippen LogP contribution in [0.5, 0.6) is 0 Å². The molecule has 1 atom stereocenters. The van der Waals surface area contributed by atoms with Crippen LogP contribution in [-0.4, -0.2) is 28.6 Å². The molecule has 0 aliphatic heterocycles. The van der Waals surface area contributed by atoms with E-state index in [2.05, 4.69) is 9.55 Å². The molecule has 1 unspecified atom stereocenters. The number of rotatable bonds is 5. The van der Waals surface area contributed by atoms with Crippen molar-refractivity contribution in [3.05, 3.63) is 28.5 Å². The maximum absolute atomic E-state index is 6.22. The molecule has 2 aromatic rings. The molecule has 104 valence electrons. The lowest BCUT2D eigenvalue weighted by Gasteiger charge is -2.15. The summed E-state index contributed by atoms with van der Waals surface area (Å²) in [5, 5.41) is 0.760. The van der Waals surface area contributed by atoms with Crippen LogP contribution in [0.2, 0.25) is 5.02 Å². The molecule has 2 rings (SSSR count). The summed E-state index contributed by atoms with van der Waals surface area (Å²) in [7, 11) is 1.71. The Bertz CT molecular complexity index is 580. The van der Waals surface area contributed by atoms with Gasteiger partial charge in [-0.1, -0.05) is 11.6 Å². The fraction of sp³-hybridized carbons (Fsp3) is 0.500. The van der Waals surface area contributed by atoms with Crippen LogP contribution in [0.25, 0.3) is 11.0 Å². The highest BCUT2D eigenvalue weighted by atomic mass is 35.5. The van der Waals surface area contributed by atoms with Crippen molar-refractivity contribution in [3.8, 4) is 0 Å². The number of aromatic nitrogens is 2. The van der Waals surface area contributed by atoms with E-state index in [-0.39, 0.29) is 6.10 Å². The maximum Gasteiger partial charge on any atom is 0.111 e. The molecule has 0 aliphatic carbocycles. The molecular weight excluding hydrogens is 283 g/mol. The summed E-state index contributed by atoms with van der Waals surface area (Å²) < 4.78 is 7.53. The standard InChI is InChI=1S/C14H18Cl2N2O/c1-9(19-3)8-18-13(6-7-15)17-12-5-4-11(16)10(2)14(12)18/h4-5,9H,6-8H2,1-3H3. The van der Waals surface area contributed by atoms with Gasteiger partial charge in [-0.05, 0) is 31.5 Å². The molecule has 5 heteroatoms. The molecule has 1 aromatic carbocycles. The highest BCUT2D eigenvalue weighted by Crippen LogP contribution is 2.27. The van der Waals surface area contributed by atoms with Crippen molar-refractivity contribution < 1.29 is 4.74 Å². The van der Waals surface area contributed by atoms with Crippen LogP contribution in [0.4, 0.5) is 0 Å². The second kappa shape index (κ2) is 6.12. The van der Waals surface area contributed by atoms with Crippen molar-refractivity contribution in [1.82, 2.24) is 9.55 Å². The third-order valence-electron chi connectivity index (χ3n) is 3.33. The monoisotopic (exact) mass is 300 g/mol. The van der Waals surface area contributed by atoms with Crippen molar-refractivity contribution in [2.45, 2.75) is 32.9 Å². The van der Waals surface area contributed by atoms with Gasteiger partial charge in [-0.3, -0.25) is 0 Å². The summed E-state index contributed by atoms with van der Waals surface area (Å²) in [6.07, 6.45) is 0.855. The average Bonchev–Trinajstić information content (AvgIpc) is 2.73. The molecule has 19 heavy (non-hydrogen) atoms. The van der Waals surface area contributed by atoms with Crippen molar-refractivity contribution >= 4 is 34.2 Å².